The highest BCUT2D eigenvalue weighted by Crippen LogP contribution is 2.32. The van der Waals surface area contributed by atoms with Crippen LogP contribution in [0, 0.1) is 3.57 Å². The van der Waals surface area contributed by atoms with Gasteiger partial charge in [0.05, 0.1) is 10.0 Å². The second-order valence-electron chi connectivity index (χ2n) is 5.82. The lowest BCUT2D eigenvalue weighted by Gasteiger charge is -2.13. The summed E-state index contributed by atoms with van der Waals surface area (Å²) in [5, 5.41) is 4.54. The molecular formula is C20H15BrIN3O3S. The molecule has 0 aromatic heterocycles. The van der Waals surface area contributed by atoms with Crippen molar-refractivity contribution in [1.29, 1.82) is 0 Å². The Morgan fingerprint density at radius 1 is 1.00 bits per heavy atom. The predicted molar refractivity (Wildman–Crippen MR) is 128 cm³/mol. The number of nitrogens with one attached hydrogen (secondary N) is 3. The first-order chi connectivity index (χ1) is 14.0. The minimum atomic E-state index is -0.448. The van der Waals surface area contributed by atoms with E-state index in [1.54, 1.807) is 18.2 Å². The van der Waals surface area contributed by atoms with Crippen molar-refractivity contribution in [3.05, 3.63) is 74.3 Å². The highest BCUT2D eigenvalue weighted by Gasteiger charge is 2.12. The Morgan fingerprint density at radius 2 is 1.72 bits per heavy atom. The molecule has 0 atom stereocenters. The van der Waals surface area contributed by atoms with Crippen LogP contribution >= 0.6 is 50.7 Å². The largest absolute Gasteiger partial charge is 0.483 e. The molecule has 148 valence electrons. The third kappa shape index (κ3) is 5.64. The summed E-state index contributed by atoms with van der Waals surface area (Å²) in [6.45, 7) is -0.225. The number of hydrogen-bond acceptors (Lipinski definition) is 4. The molecule has 0 spiro atoms. The van der Waals surface area contributed by atoms with Gasteiger partial charge < -0.3 is 4.74 Å². The lowest BCUT2D eigenvalue weighted by Crippen LogP contribution is -2.49. The van der Waals surface area contributed by atoms with Gasteiger partial charge in [0.15, 0.2) is 11.7 Å². The molecular weight excluding hydrogens is 569 g/mol. The van der Waals surface area contributed by atoms with E-state index in [0.29, 0.717) is 11.3 Å². The van der Waals surface area contributed by atoms with Crippen molar-refractivity contribution in [3.63, 3.8) is 0 Å². The number of amides is 2. The van der Waals surface area contributed by atoms with Crippen molar-refractivity contribution in [3.8, 4) is 5.75 Å². The van der Waals surface area contributed by atoms with Gasteiger partial charge >= 0.3 is 0 Å². The van der Waals surface area contributed by atoms with Crippen molar-refractivity contribution in [1.82, 2.24) is 16.2 Å². The van der Waals surface area contributed by atoms with Crippen LogP contribution < -0.4 is 20.9 Å². The monoisotopic (exact) mass is 583 g/mol. The molecule has 0 heterocycles. The fraction of sp³-hybridized carbons (Fsp3) is 0.0500. The molecule has 3 aromatic rings. The van der Waals surface area contributed by atoms with Crippen molar-refractivity contribution >= 4 is 78.4 Å². The number of rotatable bonds is 4. The Morgan fingerprint density at radius 3 is 2.52 bits per heavy atom. The maximum absolute atomic E-state index is 12.2. The van der Waals surface area contributed by atoms with Gasteiger partial charge in [-0.25, -0.2) is 0 Å². The van der Waals surface area contributed by atoms with E-state index in [9.17, 15) is 9.59 Å². The average Bonchev–Trinajstić information content (AvgIpc) is 2.72. The average molecular weight is 584 g/mol. The number of fused-ring (bicyclic) bond motifs is 1. The summed E-state index contributed by atoms with van der Waals surface area (Å²) in [6.07, 6.45) is 0. The Kier molecular flexibility index (Phi) is 7.40. The zero-order chi connectivity index (χ0) is 20.8. The minimum Gasteiger partial charge on any atom is -0.483 e. The highest BCUT2D eigenvalue weighted by atomic mass is 127. The first kappa shape index (κ1) is 21.5. The van der Waals surface area contributed by atoms with Crippen molar-refractivity contribution in [2.45, 2.75) is 0 Å². The fourth-order valence-corrected chi connectivity index (χ4v) is 3.86. The number of carbonyl (C=O) groups is 2. The molecule has 0 aliphatic rings. The minimum absolute atomic E-state index is 0.0186. The third-order valence-electron chi connectivity index (χ3n) is 3.85. The van der Waals surface area contributed by atoms with Crippen LogP contribution in [-0.4, -0.2) is 23.5 Å². The highest BCUT2D eigenvalue weighted by molar-refractivity contribution is 14.1. The molecule has 0 saturated carbocycles. The molecule has 29 heavy (non-hydrogen) atoms. The summed E-state index contributed by atoms with van der Waals surface area (Å²) in [4.78, 5) is 24.2. The van der Waals surface area contributed by atoms with E-state index in [1.807, 2.05) is 42.5 Å². The lowest BCUT2D eigenvalue weighted by atomic mass is 10.1. The third-order valence-corrected chi connectivity index (χ3v) is 5.81. The molecule has 9 heteroatoms. The summed E-state index contributed by atoms with van der Waals surface area (Å²) < 4.78 is 7.14. The van der Waals surface area contributed by atoms with Gasteiger partial charge in [0.1, 0.15) is 5.75 Å². The van der Waals surface area contributed by atoms with Crippen molar-refractivity contribution in [2.24, 2.45) is 0 Å². The number of hydrogen-bond donors (Lipinski definition) is 3. The molecule has 0 bridgehead atoms. The number of benzene rings is 3. The zero-order valence-corrected chi connectivity index (χ0v) is 19.4. The summed E-state index contributed by atoms with van der Waals surface area (Å²) in [7, 11) is 0. The van der Waals surface area contributed by atoms with Gasteiger partial charge in [-0.05, 0) is 79.7 Å². The number of carbonyl (C=O) groups excluding carboxylic acids is 2. The van der Waals surface area contributed by atoms with Gasteiger partial charge in [-0.1, -0.05) is 42.5 Å². The van der Waals surface area contributed by atoms with E-state index in [0.717, 1.165) is 18.8 Å². The van der Waals surface area contributed by atoms with Crippen LogP contribution in [0.2, 0.25) is 0 Å². The normalized spacial score (nSPS) is 10.3. The molecule has 2 amide bonds. The van der Waals surface area contributed by atoms with E-state index in [4.69, 9.17) is 17.0 Å². The summed E-state index contributed by atoms with van der Waals surface area (Å²) in [6, 6.07) is 18.6. The van der Waals surface area contributed by atoms with Crippen LogP contribution in [0.3, 0.4) is 0 Å². The number of halogens is 2. The van der Waals surface area contributed by atoms with Gasteiger partial charge in [0.2, 0.25) is 0 Å². The second-order valence-corrected chi connectivity index (χ2v) is 8.19. The zero-order valence-electron chi connectivity index (χ0n) is 14.9. The number of hydrazine groups is 1. The Labute approximate surface area is 194 Å². The van der Waals surface area contributed by atoms with E-state index in [1.165, 1.54) is 0 Å². The van der Waals surface area contributed by atoms with Crippen LogP contribution in [0.1, 0.15) is 10.4 Å². The first-order valence-electron chi connectivity index (χ1n) is 8.40. The van der Waals surface area contributed by atoms with Crippen LogP contribution in [0.5, 0.6) is 5.75 Å². The Bertz CT molecular complexity index is 1090. The fourth-order valence-electron chi connectivity index (χ4n) is 2.48. The first-order valence-corrected chi connectivity index (χ1v) is 10.7. The van der Waals surface area contributed by atoms with Crippen LogP contribution in [0.15, 0.2) is 65.1 Å². The molecule has 3 N–H and O–H groups in total. The van der Waals surface area contributed by atoms with Gasteiger partial charge in [-0.15, -0.1) is 0 Å². The summed E-state index contributed by atoms with van der Waals surface area (Å²) >= 11 is 10.6. The lowest BCUT2D eigenvalue weighted by molar-refractivity contribution is -0.123. The van der Waals surface area contributed by atoms with Crippen LogP contribution in [-0.2, 0) is 4.79 Å². The predicted octanol–water partition coefficient (Wildman–Crippen LogP) is 3.92. The van der Waals surface area contributed by atoms with Crippen molar-refractivity contribution < 1.29 is 14.3 Å². The molecule has 3 rings (SSSR count). The van der Waals surface area contributed by atoms with Gasteiger partial charge in [0.25, 0.3) is 11.8 Å². The molecule has 0 radical (unpaired) electrons. The van der Waals surface area contributed by atoms with Gasteiger partial charge in [-0.2, -0.15) is 0 Å². The Hall–Kier alpha value is -2.24. The molecule has 0 unspecified atom stereocenters. The Balaban J connectivity index is 1.49. The van der Waals surface area contributed by atoms with E-state index in [2.05, 4.69) is 54.7 Å². The second kappa shape index (κ2) is 9.99. The molecule has 0 saturated heterocycles. The van der Waals surface area contributed by atoms with Gasteiger partial charge in [-0.3, -0.25) is 25.8 Å². The van der Waals surface area contributed by atoms with Crippen LogP contribution in [0.25, 0.3) is 10.8 Å². The van der Waals surface area contributed by atoms with Crippen LogP contribution in [0.4, 0.5) is 0 Å². The standard InChI is InChI=1S/C20H15BrIN3O3S/c21-18-13-6-2-1-5-12(13)9-10-16(18)28-11-17(26)24-25-20(29)23-19(27)14-7-3-4-8-15(14)22/h1-10H,11H2,(H,24,26)(H2,23,25,27,29). The molecule has 3 aromatic carbocycles. The summed E-state index contributed by atoms with van der Waals surface area (Å²) in [5.41, 5.74) is 5.38. The smallest absolute Gasteiger partial charge is 0.276 e. The van der Waals surface area contributed by atoms with E-state index < -0.39 is 5.91 Å². The topological polar surface area (TPSA) is 79.5 Å². The summed E-state index contributed by atoms with van der Waals surface area (Å²) in [5.74, 6) is -0.262. The molecule has 0 fully saturated rings. The molecule has 0 aliphatic carbocycles. The van der Waals surface area contributed by atoms with E-state index >= 15 is 0 Å². The SMILES string of the molecule is O=C(COc1ccc2ccccc2c1Br)NNC(=S)NC(=O)c1ccccc1I. The maximum Gasteiger partial charge on any atom is 0.276 e. The molecule has 6 nitrogen and oxygen atoms in total. The maximum atomic E-state index is 12.2. The van der Waals surface area contributed by atoms with E-state index in [-0.39, 0.29) is 17.6 Å². The number of ether oxygens (including phenoxy) is 1. The number of thiocarbonyl (C=S) groups is 1. The van der Waals surface area contributed by atoms with Gasteiger partial charge in [0, 0.05) is 3.57 Å². The molecule has 0 aliphatic heterocycles. The quantitative estimate of drug-likeness (QED) is 0.246. The van der Waals surface area contributed by atoms with Crippen molar-refractivity contribution in [2.75, 3.05) is 6.61 Å².